The molecule has 0 spiro atoms. The molecule has 0 amide bonds. The Morgan fingerprint density at radius 3 is 0.526 bits per heavy atom. The number of esters is 3. The molecule has 0 saturated carbocycles. The fraction of sp³-hybridized carbons (Fsp3) is 0.957. The fourth-order valence-corrected chi connectivity index (χ4v) is 11.1. The molecule has 1 unspecified atom stereocenters. The molecule has 6 heteroatoms. The molecule has 1 atom stereocenters. The zero-order valence-electron chi connectivity index (χ0n) is 52.1. The lowest BCUT2D eigenvalue weighted by atomic mass is 10.0. The van der Waals surface area contributed by atoms with Crippen LogP contribution in [0.2, 0.25) is 0 Å². The molecule has 0 N–H and O–H groups in total. The van der Waals surface area contributed by atoms with Crippen LogP contribution in [0.25, 0.3) is 0 Å². The zero-order valence-corrected chi connectivity index (χ0v) is 52.1. The highest BCUT2D eigenvalue weighted by Crippen LogP contribution is 2.19. The maximum atomic E-state index is 13.0. The van der Waals surface area contributed by atoms with Crippen molar-refractivity contribution in [3.05, 3.63) is 0 Å². The van der Waals surface area contributed by atoms with E-state index in [1.165, 1.54) is 315 Å². The molecule has 0 heterocycles. The summed E-state index contributed by atoms with van der Waals surface area (Å²) in [6, 6.07) is 0. The highest BCUT2D eigenvalue weighted by atomic mass is 16.6. The summed E-state index contributed by atoms with van der Waals surface area (Å²) in [6.07, 6.45) is 77.0. The van der Waals surface area contributed by atoms with E-state index < -0.39 is 6.10 Å². The Labute approximate surface area is 476 Å². The fourth-order valence-electron chi connectivity index (χ4n) is 11.1. The Balaban J connectivity index is 4.25. The van der Waals surface area contributed by atoms with E-state index in [9.17, 15) is 14.4 Å². The van der Waals surface area contributed by atoms with Gasteiger partial charge < -0.3 is 14.2 Å². The van der Waals surface area contributed by atoms with Crippen LogP contribution in [0.3, 0.4) is 0 Å². The summed E-state index contributed by atoms with van der Waals surface area (Å²) in [6.45, 7) is 6.75. The minimum atomic E-state index is -0.763. The van der Waals surface area contributed by atoms with Crippen molar-refractivity contribution in [1.29, 1.82) is 0 Å². The van der Waals surface area contributed by atoms with Gasteiger partial charge in [-0.15, -0.1) is 0 Å². The number of rotatable bonds is 66. The Morgan fingerprint density at radius 2 is 0.355 bits per heavy atom. The van der Waals surface area contributed by atoms with E-state index in [0.29, 0.717) is 19.3 Å². The Hall–Kier alpha value is -1.59. The average Bonchev–Trinajstić information content (AvgIpc) is 3.42. The number of carbonyl (C=O) groups is 3. The number of hydrogen-bond donors (Lipinski definition) is 0. The van der Waals surface area contributed by atoms with Crippen LogP contribution < -0.4 is 0 Å². The quantitative estimate of drug-likeness (QED) is 0.0343. The zero-order chi connectivity index (χ0) is 55.0. The van der Waals surface area contributed by atoms with Gasteiger partial charge in [-0.05, 0) is 19.3 Å². The molecule has 0 fully saturated rings. The van der Waals surface area contributed by atoms with Crippen molar-refractivity contribution in [2.24, 2.45) is 0 Å². The molecule has 0 aliphatic carbocycles. The Kier molecular flexibility index (Phi) is 64.5. The van der Waals surface area contributed by atoms with Crippen LogP contribution in [0.4, 0.5) is 0 Å². The van der Waals surface area contributed by atoms with E-state index in [1.807, 2.05) is 0 Å². The smallest absolute Gasteiger partial charge is 0.306 e. The van der Waals surface area contributed by atoms with Crippen molar-refractivity contribution < 1.29 is 28.6 Å². The Bertz CT molecular complexity index is 1140. The average molecular weight is 1070 g/mol. The second kappa shape index (κ2) is 65.9. The first kappa shape index (κ1) is 74.4. The largest absolute Gasteiger partial charge is 0.462 e. The normalized spacial score (nSPS) is 11.9. The minimum absolute atomic E-state index is 0.0601. The summed E-state index contributed by atoms with van der Waals surface area (Å²) < 4.78 is 17.0. The van der Waals surface area contributed by atoms with Gasteiger partial charge in [0, 0.05) is 19.3 Å². The van der Waals surface area contributed by atoms with Crippen LogP contribution in [0, 0.1) is 0 Å². The lowest BCUT2D eigenvalue weighted by Crippen LogP contribution is -2.30. The van der Waals surface area contributed by atoms with Gasteiger partial charge in [-0.3, -0.25) is 14.4 Å². The van der Waals surface area contributed by atoms with Crippen molar-refractivity contribution in [3.8, 4) is 0 Å². The van der Waals surface area contributed by atoms with Crippen molar-refractivity contribution >= 4 is 17.9 Å². The van der Waals surface area contributed by atoms with Gasteiger partial charge in [-0.2, -0.15) is 0 Å². The van der Waals surface area contributed by atoms with E-state index in [1.54, 1.807) is 0 Å². The van der Waals surface area contributed by atoms with E-state index in [0.717, 1.165) is 57.8 Å². The van der Waals surface area contributed by atoms with Crippen LogP contribution in [0.15, 0.2) is 0 Å². The molecule has 0 saturated heterocycles. The molecular formula is C70H136O6. The van der Waals surface area contributed by atoms with Gasteiger partial charge in [0.25, 0.3) is 0 Å². The Morgan fingerprint density at radius 1 is 0.211 bits per heavy atom. The monoisotopic (exact) mass is 1070 g/mol. The minimum Gasteiger partial charge on any atom is -0.462 e. The maximum absolute atomic E-state index is 13.0. The van der Waals surface area contributed by atoms with Gasteiger partial charge in [-0.25, -0.2) is 0 Å². The molecular weight excluding hydrogens is 937 g/mol. The van der Waals surface area contributed by atoms with Crippen molar-refractivity contribution in [1.82, 2.24) is 0 Å². The van der Waals surface area contributed by atoms with Crippen LogP contribution in [0.5, 0.6) is 0 Å². The van der Waals surface area contributed by atoms with E-state index in [2.05, 4.69) is 20.8 Å². The predicted molar refractivity (Wildman–Crippen MR) is 330 cm³/mol. The second-order valence-electron chi connectivity index (χ2n) is 24.2. The first-order chi connectivity index (χ1) is 37.5. The van der Waals surface area contributed by atoms with Crippen molar-refractivity contribution in [2.75, 3.05) is 13.2 Å². The molecule has 0 radical (unpaired) electrons. The SMILES string of the molecule is CCCCCCCCCCCCCCCCCCCCCCCC(=O)OCC(COC(=O)CCCCCCCCCCCCCCCCCC)OC(=O)CCCCCCCCCCCCCCCCCCCCCCC. The van der Waals surface area contributed by atoms with Crippen LogP contribution in [-0.2, 0) is 28.6 Å². The molecule has 0 aliphatic rings. The summed E-state index contributed by atoms with van der Waals surface area (Å²) in [5.74, 6) is -0.818. The van der Waals surface area contributed by atoms with Crippen LogP contribution >= 0.6 is 0 Å². The van der Waals surface area contributed by atoms with Gasteiger partial charge in [-0.1, -0.05) is 374 Å². The summed E-state index contributed by atoms with van der Waals surface area (Å²) in [4.78, 5) is 38.4. The van der Waals surface area contributed by atoms with Gasteiger partial charge in [0.15, 0.2) is 6.10 Å². The van der Waals surface area contributed by atoms with Gasteiger partial charge in [0.2, 0.25) is 0 Å². The maximum Gasteiger partial charge on any atom is 0.306 e. The summed E-state index contributed by atoms with van der Waals surface area (Å²) in [7, 11) is 0. The molecule has 0 rings (SSSR count). The molecule has 6 nitrogen and oxygen atoms in total. The van der Waals surface area contributed by atoms with Crippen molar-refractivity contribution in [2.45, 2.75) is 419 Å². The van der Waals surface area contributed by atoms with Crippen molar-refractivity contribution in [3.63, 3.8) is 0 Å². The second-order valence-corrected chi connectivity index (χ2v) is 24.2. The molecule has 0 aromatic rings. The molecule has 76 heavy (non-hydrogen) atoms. The number of hydrogen-bond acceptors (Lipinski definition) is 6. The predicted octanol–water partition coefficient (Wildman–Crippen LogP) is 23.8. The highest BCUT2D eigenvalue weighted by molar-refractivity contribution is 5.71. The van der Waals surface area contributed by atoms with E-state index in [4.69, 9.17) is 14.2 Å². The molecule has 0 aliphatic heterocycles. The highest BCUT2D eigenvalue weighted by Gasteiger charge is 2.19. The lowest BCUT2D eigenvalue weighted by molar-refractivity contribution is -0.167. The van der Waals surface area contributed by atoms with E-state index >= 15 is 0 Å². The molecule has 0 aromatic heterocycles. The van der Waals surface area contributed by atoms with Gasteiger partial charge in [0.1, 0.15) is 13.2 Å². The molecule has 452 valence electrons. The first-order valence-corrected chi connectivity index (χ1v) is 35.0. The van der Waals surface area contributed by atoms with Gasteiger partial charge in [0.05, 0.1) is 0 Å². The summed E-state index contributed by atoms with van der Waals surface area (Å²) in [5.41, 5.74) is 0. The third-order valence-corrected chi connectivity index (χ3v) is 16.4. The van der Waals surface area contributed by atoms with Gasteiger partial charge >= 0.3 is 17.9 Å². The topological polar surface area (TPSA) is 78.9 Å². The van der Waals surface area contributed by atoms with E-state index in [-0.39, 0.29) is 31.1 Å². The standard InChI is InChI=1S/C70H136O6/c1-4-7-10-13-16-19-22-25-28-31-33-35-37-39-42-45-48-51-54-57-60-63-69(72)75-66-67(65-74-68(71)62-59-56-53-50-47-44-41-30-27-24-21-18-15-12-9-6-3)76-70(73)64-61-58-55-52-49-46-43-40-38-36-34-32-29-26-23-20-17-14-11-8-5-2/h67H,4-66H2,1-3H3. The number of unbranched alkanes of at least 4 members (excludes halogenated alkanes) is 55. The summed E-state index contributed by atoms with van der Waals surface area (Å²) >= 11 is 0. The molecule has 0 bridgehead atoms. The lowest BCUT2D eigenvalue weighted by Gasteiger charge is -2.18. The first-order valence-electron chi connectivity index (χ1n) is 35.0. The molecule has 0 aromatic carbocycles. The third-order valence-electron chi connectivity index (χ3n) is 16.4. The van der Waals surface area contributed by atoms with Crippen LogP contribution in [0.1, 0.15) is 412 Å². The third kappa shape index (κ3) is 63.2. The summed E-state index contributed by atoms with van der Waals surface area (Å²) in [5, 5.41) is 0. The number of carbonyl (C=O) groups excluding carboxylic acids is 3. The van der Waals surface area contributed by atoms with Crippen LogP contribution in [-0.4, -0.2) is 37.2 Å². The number of ether oxygens (including phenoxy) is 3.